The standard InChI is InChI=1S/C14H8I2N2O2/c15-9-5-7(6-10(16)12(9)19)13-17-11-4-2-1-3-8(11)14(20)18-13/h1-6,19H,(H,17,18,20). The number of aromatic nitrogens is 2. The van der Waals surface area contributed by atoms with Crippen molar-refractivity contribution >= 4 is 56.1 Å². The van der Waals surface area contributed by atoms with Crippen LogP contribution in [0.2, 0.25) is 0 Å². The van der Waals surface area contributed by atoms with Crippen molar-refractivity contribution < 1.29 is 5.11 Å². The summed E-state index contributed by atoms with van der Waals surface area (Å²) in [5.41, 5.74) is 1.27. The zero-order valence-corrected chi connectivity index (χ0v) is 14.3. The minimum absolute atomic E-state index is 0.163. The van der Waals surface area contributed by atoms with Gasteiger partial charge in [-0.2, -0.15) is 0 Å². The lowest BCUT2D eigenvalue weighted by atomic mass is 10.2. The third-order valence-electron chi connectivity index (χ3n) is 2.90. The van der Waals surface area contributed by atoms with Gasteiger partial charge in [0.1, 0.15) is 11.6 Å². The van der Waals surface area contributed by atoms with Gasteiger partial charge >= 0.3 is 0 Å². The first-order valence-electron chi connectivity index (χ1n) is 5.73. The van der Waals surface area contributed by atoms with Crippen LogP contribution < -0.4 is 5.56 Å². The molecule has 4 nitrogen and oxygen atoms in total. The van der Waals surface area contributed by atoms with Gasteiger partial charge in [0.2, 0.25) is 0 Å². The molecule has 0 aliphatic heterocycles. The van der Waals surface area contributed by atoms with Gasteiger partial charge in [-0.05, 0) is 69.4 Å². The highest BCUT2D eigenvalue weighted by Gasteiger charge is 2.10. The third kappa shape index (κ3) is 2.41. The summed E-state index contributed by atoms with van der Waals surface area (Å²) in [6.07, 6.45) is 0. The first kappa shape index (κ1) is 13.8. The second-order valence-electron chi connectivity index (χ2n) is 4.22. The quantitative estimate of drug-likeness (QED) is 0.514. The van der Waals surface area contributed by atoms with Crippen LogP contribution in [0.25, 0.3) is 22.3 Å². The third-order valence-corrected chi connectivity index (χ3v) is 4.55. The van der Waals surface area contributed by atoms with Crippen LogP contribution >= 0.6 is 45.2 Å². The maximum Gasteiger partial charge on any atom is 0.259 e. The molecule has 0 spiro atoms. The van der Waals surface area contributed by atoms with Crippen molar-refractivity contribution in [1.82, 2.24) is 9.97 Å². The number of rotatable bonds is 1. The van der Waals surface area contributed by atoms with Crippen molar-refractivity contribution in [3.05, 3.63) is 53.9 Å². The number of benzene rings is 2. The highest BCUT2D eigenvalue weighted by molar-refractivity contribution is 14.1. The van der Waals surface area contributed by atoms with Crippen LogP contribution in [0.1, 0.15) is 0 Å². The molecule has 0 aliphatic rings. The summed E-state index contributed by atoms with van der Waals surface area (Å²) in [7, 11) is 0. The van der Waals surface area contributed by atoms with Crippen LogP contribution in [-0.2, 0) is 0 Å². The van der Waals surface area contributed by atoms with Crippen LogP contribution in [0.3, 0.4) is 0 Å². The number of nitrogens with zero attached hydrogens (tertiary/aromatic N) is 1. The number of H-pyrrole nitrogens is 1. The Balaban J connectivity index is 2.27. The van der Waals surface area contributed by atoms with E-state index in [1.165, 1.54) is 0 Å². The smallest absolute Gasteiger partial charge is 0.259 e. The fraction of sp³-hybridized carbons (Fsp3) is 0. The molecule has 2 aromatic carbocycles. The van der Waals surface area contributed by atoms with Crippen LogP contribution in [0.4, 0.5) is 0 Å². The molecule has 0 radical (unpaired) electrons. The molecule has 3 rings (SSSR count). The first-order valence-corrected chi connectivity index (χ1v) is 7.89. The molecule has 6 heteroatoms. The van der Waals surface area contributed by atoms with Gasteiger partial charge in [0.25, 0.3) is 5.56 Å². The van der Waals surface area contributed by atoms with Crippen molar-refractivity contribution in [3.8, 4) is 17.1 Å². The van der Waals surface area contributed by atoms with E-state index in [0.717, 1.165) is 12.7 Å². The Morgan fingerprint density at radius 1 is 1.10 bits per heavy atom. The largest absolute Gasteiger partial charge is 0.506 e. The lowest BCUT2D eigenvalue weighted by molar-refractivity contribution is 0.467. The first-order chi connectivity index (χ1) is 9.56. The maximum atomic E-state index is 12.1. The predicted octanol–water partition coefficient (Wildman–Crippen LogP) is 3.50. The van der Waals surface area contributed by atoms with Crippen LogP contribution in [0.5, 0.6) is 5.75 Å². The van der Waals surface area contributed by atoms with Crippen LogP contribution in [0, 0.1) is 7.14 Å². The molecule has 100 valence electrons. The number of aromatic hydroxyl groups is 1. The summed E-state index contributed by atoms with van der Waals surface area (Å²) in [5.74, 6) is 0.752. The zero-order chi connectivity index (χ0) is 14.3. The molecule has 0 aliphatic carbocycles. The average Bonchev–Trinajstić information content (AvgIpc) is 2.44. The Morgan fingerprint density at radius 2 is 1.75 bits per heavy atom. The van der Waals surface area contributed by atoms with Crippen molar-refractivity contribution in [2.75, 3.05) is 0 Å². The van der Waals surface area contributed by atoms with Gasteiger partial charge in [-0.3, -0.25) is 4.79 Å². The number of phenolic OH excluding ortho intramolecular Hbond substituents is 1. The molecule has 3 aromatic rings. The Morgan fingerprint density at radius 3 is 2.45 bits per heavy atom. The van der Waals surface area contributed by atoms with Crippen LogP contribution in [-0.4, -0.2) is 15.1 Å². The molecule has 0 saturated carbocycles. The Kier molecular flexibility index (Phi) is 3.67. The van der Waals surface area contributed by atoms with Gasteiger partial charge in [0.05, 0.1) is 18.0 Å². The summed E-state index contributed by atoms with van der Waals surface area (Å²) in [4.78, 5) is 19.3. The fourth-order valence-electron chi connectivity index (χ4n) is 1.93. The number of nitrogens with one attached hydrogen (secondary N) is 1. The summed E-state index contributed by atoms with van der Waals surface area (Å²) in [6.45, 7) is 0. The zero-order valence-electron chi connectivity index (χ0n) is 10.0. The fourth-order valence-corrected chi connectivity index (χ4v) is 3.69. The highest BCUT2D eigenvalue weighted by Crippen LogP contribution is 2.30. The van der Waals surface area contributed by atoms with Crippen molar-refractivity contribution in [1.29, 1.82) is 0 Å². The molecule has 1 heterocycles. The summed E-state index contributed by atoms with van der Waals surface area (Å²) < 4.78 is 1.45. The number of fused-ring (bicyclic) bond motifs is 1. The molecular weight excluding hydrogens is 482 g/mol. The summed E-state index contributed by atoms with van der Waals surface area (Å²) in [5, 5.41) is 10.4. The average molecular weight is 490 g/mol. The predicted molar refractivity (Wildman–Crippen MR) is 94.9 cm³/mol. The number of hydrogen-bond acceptors (Lipinski definition) is 3. The lowest BCUT2D eigenvalue weighted by Gasteiger charge is -2.06. The number of hydrogen-bond donors (Lipinski definition) is 2. The molecule has 1 aromatic heterocycles. The molecule has 20 heavy (non-hydrogen) atoms. The maximum absolute atomic E-state index is 12.1. The van der Waals surface area contributed by atoms with E-state index in [2.05, 4.69) is 55.1 Å². The SMILES string of the molecule is O=c1[nH]c(-c2cc(I)c(O)c(I)c2)nc2ccccc12. The monoisotopic (exact) mass is 490 g/mol. The van der Waals surface area contributed by atoms with E-state index in [-0.39, 0.29) is 11.3 Å². The van der Waals surface area contributed by atoms with Gasteiger partial charge < -0.3 is 10.1 Å². The van der Waals surface area contributed by atoms with E-state index in [4.69, 9.17) is 0 Å². The van der Waals surface area contributed by atoms with Crippen molar-refractivity contribution in [2.45, 2.75) is 0 Å². The van der Waals surface area contributed by atoms with E-state index >= 15 is 0 Å². The van der Waals surface area contributed by atoms with Gasteiger partial charge in [-0.25, -0.2) is 4.98 Å². The van der Waals surface area contributed by atoms with Gasteiger partial charge in [-0.1, -0.05) is 12.1 Å². The van der Waals surface area contributed by atoms with Crippen molar-refractivity contribution in [3.63, 3.8) is 0 Å². The summed E-state index contributed by atoms with van der Waals surface area (Å²) >= 11 is 4.11. The molecule has 0 fully saturated rings. The van der Waals surface area contributed by atoms with Gasteiger partial charge in [0.15, 0.2) is 0 Å². The minimum atomic E-state index is -0.163. The number of para-hydroxylation sites is 1. The topological polar surface area (TPSA) is 66.0 Å². The van der Waals surface area contributed by atoms with E-state index in [0.29, 0.717) is 16.7 Å². The van der Waals surface area contributed by atoms with Crippen molar-refractivity contribution in [2.24, 2.45) is 0 Å². The van der Waals surface area contributed by atoms with E-state index in [1.807, 2.05) is 18.2 Å². The van der Waals surface area contributed by atoms with E-state index < -0.39 is 0 Å². The summed E-state index contributed by atoms with van der Waals surface area (Å²) in [6, 6.07) is 10.8. The Labute approximate surface area is 141 Å². The number of aromatic amines is 1. The van der Waals surface area contributed by atoms with Crippen LogP contribution in [0.15, 0.2) is 41.2 Å². The normalized spacial score (nSPS) is 10.9. The lowest BCUT2D eigenvalue weighted by Crippen LogP contribution is -2.09. The molecule has 0 bridgehead atoms. The Bertz CT molecular complexity index is 851. The van der Waals surface area contributed by atoms with E-state index in [1.54, 1.807) is 18.2 Å². The molecular formula is C14H8I2N2O2. The molecule has 0 atom stereocenters. The second-order valence-corrected chi connectivity index (χ2v) is 6.54. The highest BCUT2D eigenvalue weighted by atomic mass is 127. The number of halogens is 2. The Hall–Kier alpha value is -1.16. The number of phenols is 1. The minimum Gasteiger partial charge on any atom is -0.506 e. The molecule has 0 amide bonds. The van der Waals surface area contributed by atoms with E-state index in [9.17, 15) is 9.90 Å². The van der Waals surface area contributed by atoms with Gasteiger partial charge in [0, 0.05) is 5.56 Å². The molecule has 0 unspecified atom stereocenters. The molecule has 2 N–H and O–H groups in total. The van der Waals surface area contributed by atoms with Gasteiger partial charge in [-0.15, -0.1) is 0 Å². The molecule has 0 saturated heterocycles. The second kappa shape index (κ2) is 5.32.